The van der Waals surface area contributed by atoms with Crippen molar-refractivity contribution in [3.05, 3.63) is 51.7 Å². The summed E-state index contributed by atoms with van der Waals surface area (Å²) in [7, 11) is 1.62. The number of aryl methyl sites for hydroxylation is 1. The number of alkyl halides is 3. The van der Waals surface area contributed by atoms with Gasteiger partial charge in [-0.2, -0.15) is 18.3 Å². The third kappa shape index (κ3) is 3.40. The van der Waals surface area contributed by atoms with Gasteiger partial charge in [0.25, 0.3) is 5.56 Å². The van der Waals surface area contributed by atoms with Crippen molar-refractivity contribution < 1.29 is 18.0 Å². The molecule has 2 heterocycles. The Kier molecular flexibility index (Phi) is 4.45. The van der Waals surface area contributed by atoms with Crippen LogP contribution in [0.15, 0.2) is 35.5 Å². The zero-order valence-corrected chi connectivity index (χ0v) is 14.0. The molecule has 0 saturated carbocycles. The third-order valence-corrected chi connectivity index (χ3v) is 3.92. The number of carbonyl (C=O) groups is 1. The topological polar surface area (TPSA) is 81.8 Å². The van der Waals surface area contributed by atoms with Crippen molar-refractivity contribution >= 4 is 34.2 Å². The first-order valence-corrected chi connectivity index (χ1v) is 7.58. The molecule has 2 aromatic heterocycles. The second-order valence-corrected chi connectivity index (χ2v) is 5.83. The minimum absolute atomic E-state index is 0.0878. The van der Waals surface area contributed by atoms with Crippen molar-refractivity contribution in [2.75, 3.05) is 5.32 Å². The summed E-state index contributed by atoms with van der Waals surface area (Å²) < 4.78 is 41.0. The van der Waals surface area contributed by atoms with Gasteiger partial charge in [0.2, 0.25) is 5.91 Å². The summed E-state index contributed by atoms with van der Waals surface area (Å²) in [4.78, 5) is 28.4. The lowest BCUT2D eigenvalue weighted by molar-refractivity contribution is -0.137. The quantitative estimate of drug-likeness (QED) is 0.750. The van der Waals surface area contributed by atoms with Crippen molar-refractivity contribution in [2.45, 2.75) is 12.7 Å². The highest BCUT2D eigenvalue weighted by molar-refractivity contribution is 6.31. The lowest BCUT2D eigenvalue weighted by atomic mass is 10.2. The summed E-state index contributed by atoms with van der Waals surface area (Å²) >= 11 is 5.53. The monoisotopic (exact) mass is 385 g/mol. The van der Waals surface area contributed by atoms with Gasteiger partial charge in [-0.3, -0.25) is 18.8 Å². The van der Waals surface area contributed by atoms with Crippen molar-refractivity contribution in [3.8, 4) is 0 Å². The second-order valence-electron chi connectivity index (χ2n) is 5.42. The van der Waals surface area contributed by atoms with Crippen LogP contribution in [0.3, 0.4) is 0 Å². The van der Waals surface area contributed by atoms with E-state index in [1.165, 1.54) is 23.3 Å². The molecule has 3 rings (SSSR count). The number of hydrogen-bond acceptors (Lipinski definition) is 4. The molecule has 0 aliphatic rings. The van der Waals surface area contributed by atoms with Gasteiger partial charge in [0.15, 0.2) is 5.65 Å². The van der Waals surface area contributed by atoms with Crippen LogP contribution in [0.25, 0.3) is 11.0 Å². The number of benzene rings is 1. The van der Waals surface area contributed by atoms with E-state index in [4.69, 9.17) is 11.6 Å². The number of anilines is 1. The van der Waals surface area contributed by atoms with Crippen LogP contribution < -0.4 is 10.9 Å². The molecule has 1 aromatic carbocycles. The third-order valence-electron chi connectivity index (χ3n) is 3.59. The summed E-state index contributed by atoms with van der Waals surface area (Å²) in [6, 6.07) is 3.00. The Morgan fingerprint density at radius 2 is 2.08 bits per heavy atom. The van der Waals surface area contributed by atoms with Crippen LogP contribution in [-0.2, 0) is 24.6 Å². The first kappa shape index (κ1) is 17.9. The Labute approximate surface area is 149 Å². The number of halogens is 4. The summed E-state index contributed by atoms with van der Waals surface area (Å²) in [5.41, 5.74) is -1.27. The summed E-state index contributed by atoms with van der Waals surface area (Å²) in [6.45, 7) is -0.416. The van der Waals surface area contributed by atoms with Crippen LogP contribution in [-0.4, -0.2) is 25.2 Å². The maximum Gasteiger partial charge on any atom is 0.417 e. The summed E-state index contributed by atoms with van der Waals surface area (Å²) in [5.74, 6) is -0.687. The Morgan fingerprint density at radius 3 is 2.77 bits per heavy atom. The van der Waals surface area contributed by atoms with Gasteiger partial charge in [-0.05, 0) is 18.2 Å². The van der Waals surface area contributed by atoms with Crippen molar-refractivity contribution in [1.82, 2.24) is 19.3 Å². The average Bonchev–Trinajstić information content (AvgIpc) is 2.93. The molecule has 0 atom stereocenters. The zero-order chi connectivity index (χ0) is 19.1. The van der Waals surface area contributed by atoms with E-state index in [9.17, 15) is 22.8 Å². The fourth-order valence-electron chi connectivity index (χ4n) is 2.35. The van der Waals surface area contributed by atoms with Crippen LogP contribution >= 0.6 is 11.6 Å². The van der Waals surface area contributed by atoms with Crippen LogP contribution in [0.4, 0.5) is 18.9 Å². The van der Waals surface area contributed by atoms with Gasteiger partial charge >= 0.3 is 6.18 Å². The highest BCUT2D eigenvalue weighted by Gasteiger charge is 2.33. The molecule has 7 nitrogen and oxygen atoms in total. The van der Waals surface area contributed by atoms with Gasteiger partial charge in [-0.15, -0.1) is 0 Å². The van der Waals surface area contributed by atoms with Gasteiger partial charge in [-0.1, -0.05) is 11.6 Å². The standard InChI is InChI=1S/C15H11ClF3N5O2/c1-23-13-9(5-21-23)14(26)24(7-20-13)6-12(25)22-8-2-3-11(16)10(4-8)15(17,18)19/h2-5,7H,6H2,1H3,(H,22,25). The Balaban J connectivity index is 1.82. The van der Waals surface area contributed by atoms with Crippen LogP contribution in [0.1, 0.15) is 5.56 Å². The van der Waals surface area contributed by atoms with Gasteiger partial charge in [0.1, 0.15) is 18.3 Å². The number of fused-ring (bicyclic) bond motifs is 1. The number of hydrogen-bond donors (Lipinski definition) is 1. The Hall–Kier alpha value is -2.88. The maximum absolute atomic E-state index is 12.9. The summed E-state index contributed by atoms with van der Waals surface area (Å²) in [6.07, 6.45) is -2.15. The van der Waals surface area contributed by atoms with Crippen molar-refractivity contribution in [2.24, 2.45) is 7.05 Å². The van der Waals surface area contributed by atoms with Gasteiger partial charge in [-0.25, -0.2) is 4.98 Å². The minimum atomic E-state index is -4.65. The smallest absolute Gasteiger partial charge is 0.325 e. The van der Waals surface area contributed by atoms with Crippen molar-refractivity contribution in [1.29, 1.82) is 0 Å². The molecule has 3 aromatic rings. The highest BCUT2D eigenvalue weighted by Crippen LogP contribution is 2.36. The molecule has 1 amide bonds. The lowest BCUT2D eigenvalue weighted by Crippen LogP contribution is -2.28. The number of aromatic nitrogens is 4. The second kappa shape index (κ2) is 6.45. The minimum Gasteiger partial charge on any atom is -0.325 e. The SMILES string of the molecule is Cn1ncc2c(=O)n(CC(=O)Nc3ccc(Cl)c(C(F)(F)F)c3)cnc21. The van der Waals surface area contributed by atoms with E-state index in [0.29, 0.717) is 5.65 Å². The molecular formula is C15H11ClF3N5O2. The Morgan fingerprint density at radius 1 is 1.35 bits per heavy atom. The molecule has 0 aliphatic carbocycles. The molecule has 0 spiro atoms. The fraction of sp³-hybridized carbons (Fsp3) is 0.200. The molecule has 0 radical (unpaired) electrons. The zero-order valence-electron chi connectivity index (χ0n) is 13.2. The van der Waals surface area contributed by atoms with Crippen molar-refractivity contribution in [3.63, 3.8) is 0 Å². The van der Waals surface area contributed by atoms with Gasteiger partial charge in [0.05, 0.1) is 16.8 Å². The summed E-state index contributed by atoms with van der Waals surface area (Å²) in [5, 5.41) is 5.97. The molecule has 26 heavy (non-hydrogen) atoms. The first-order valence-electron chi connectivity index (χ1n) is 7.20. The lowest BCUT2D eigenvalue weighted by Gasteiger charge is -2.12. The first-order chi connectivity index (χ1) is 12.2. The largest absolute Gasteiger partial charge is 0.417 e. The molecule has 0 fully saturated rings. The highest BCUT2D eigenvalue weighted by atomic mass is 35.5. The van der Waals surface area contributed by atoms with E-state index in [1.807, 2.05) is 0 Å². The van der Waals surface area contributed by atoms with E-state index in [-0.39, 0.29) is 11.1 Å². The number of nitrogens with one attached hydrogen (secondary N) is 1. The number of carbonyl (C=O) groups excluding carboxylic acids is 1. The molecule has 0 bridgehead atoms. The number of amides is 1. The molecule has 136 valence electrons. The molecule has 0 saturated heterocycles. The van der Waals surface area contributed by atoms with Gasteiger partial charge < -0.3 is 5.32 Å². The predicted octanol–water partition coefficient (Wildman–Crippen LogP) is 2.44. The van der Waals surface area contributed by atoms with Crippen LogP contribution in [0, 0.1) is 0 Å². The van der Waals surface area contributed by atoms with E-state index >= 15 is 0 Å². The fourth-order valence-corrected chi connectivity index (χ4v) is 2.58. The molecule has 0 unspecified atom stereocenters. The van der Waals surface area contributed by atoms with E-state index in [0.717, 1.165) is 16.7 Å². The number of nitrogens with zero attached hydrogens (tertiary/aromatic N) is 4. The number of rotatable bonds is 3. The van der Waals surface area contributed by atoms with Crippen LogP contribution in [0.2, 0.25) is 5.02 Å². The maximum atomic E-state index is 12.9. The molecule has 11 heteroatoms. The van der Waals surface area contributed by atoms with Crippen LogP contribution in [0.5, 0.6) is 0 Å². The Bertz CT molecular complexity index is 1060. The molecular weight excluding hydrogens is 375 g/mol. The van der Waals surface area contributed by atoms with E-state index < -0.39 is 34.8 Å². The van der Waals surface area contributed by atoms with E-state index in [2.05, 4.69) is 15.4 Å². The predicted molar refractivity (Wildman–Crippen MR) is 87.9 cm³/mol. The molecule has 0 aliphatic heterocycles. The normalized spacial score (nSPS) is 11.7. The average molecular weight is 386 g/mol. The van der Waals surface area contributed by atoms with E-state index in [1.54, 1.807) is 7.05 Å². The molecule has 1 N–H and O–H groups in total. The van der Waals surface area contributed by atoms with Gasteiger partial charge in [0, 0.05) is 12.7 Å².